The average molecular weight is 116 g/mol. The highest BCUT2D eigenvalue weighted by Gasteiger charge is 1.77. The molecule has 2 nitrogen and oxygen atoms in total. The van der Waals surface area contributed by atoms with E-state index in [1.165, 1.54) is 12.4 Å². The van der Waals surface area contributed by atoms with Crippen molar-refractivity contribution in [3.63, 3.8) is 0 Å². The van der Waals surface area contributed by atoms with Crippen molar-refractivity contribution in [1.29, 1.82) is 0 Å². The van der Waals surface area contributed by atoms with Gasteiger partial charge in [0, 0.05) is 12.4 Å². The minimum Gasteiger partial charge on any atom is -0.260 e. The van der Waals surface area contributed by atoms with Gasteiger partial charge in [-0.2, -0.15) is 0 Å². The van der Waals surface area contributed by atoms with Gasteiger partial charge in [-0.05, 0) is 0 Å². The lowest BCUT2D eigenvalue weighted by molar-refractivity contribution is 1.20. The van der Waals surface area contributed by atoms with Gasteiger partial charge in [0.1, 0.15) is 5.15 Å². The SMILES string of the molecule is [2H]c1nccnc1Cl. The third-order valence-electron chi connectivity index (χ3n) is 0.486. The Morgan fingerprint density at radius 2 is 2.57 bits per heavy atom. The Morgan fingerprint density at radius 3 is 3.00 bits per heavy atom. The molecule has 0 saturated heterocycles. The Balaban J connectivity index is 3.13. The summed E-state index contributed by atoms with van der Waals surface area (Å²) in [5.41, 5.74) is 0. The minimum absolute atomic E-state index is 0.0224. The minimum atomic E-state index is 0.0224. The molecule has 0 spiro atoms. The Bertz CT molecular complexity index is 170. The summed E-state index contributed by atoms with van der Waals surface area (Å²) in [7, 11) is 0. The summed E-state index contributed by atoms with van der Waals surface area (Å²) >= 11 is 5.35. The Labute approximate surface area is 47.6 Å². The quantitative estimate of drug-likeness (QED) is 0.507. The molecular weight excluding hydrogens is 112 g/mol. The third kappa shape index (κ3) is 1.12. The largest absolute Gasteiger partial charge is 0.260 e. The van der Waals surface area contributed by atoms with E-state index in [9.17, 15) is 0 Å². The van der Waals surface area contributed by atoms with Crippen LogP contribution in [0.1, 0.15) is 1.37 Å². The second kappa shape index (κ2) is 1.89. The second-order valence-corrected chi connectivity index (χ2v) is 1.32. The lowest BCUT2D eigenvalue weighted by Crippen LogP contribution is -1.71. The average Bonchev–Trinajstić information content (AvgIpc) is 1.77. The van der Waals surface area contributed by atoms with Crippen LogP contribution in [0.4, 0.5) is 0 Å². The van der Waals surface area contributed by atoms with E-state index in [2.05, 4.69) is 9.97 Å². The van der Waals surface area contributed by atoms with Crippen molar-refractivity contribution in [3.05, 3.63) is 23.7 Å². The summed E-state index contributed by atoms with van der Waals surface area (Å²) in [5, 5.41) is 0.146. The second-order valence-electron chi connectivity index (χ2n) is 0.959. The molecule has 0 radical (unpaired) electrons. The van der Waals surface area contributed by atoms with Gasteiger partial charge in [-0.3, -0.25) is 4.98 Å². The van der Waals surface area contributed by atoms with Crippen LogP contribution in [0.15, 0.2) is 18.6 Å². The molecule has 1 aromatic heterocycles. The predicted molar refractivity (Wildman–Crippen MR) is 27.0 cm³/mol. The van der Waals surface area contributed by atoms with Crippen molar-refractivity contribution in [2.45, 2.75) is 0 Å². The van der Waals surface area contributed by atoms with Crippen LogP contribution in [0, 0.1) is 0 Å². The Hall–Kier alpha value is -0.630. The summed E-state index contributed by atoms with van der Waals surface area (Å²) in [4.78, 5) is 7.15. The predicted octanol–water partition coefficient (Wildman–Crippen LogP) is 1.13. The third-order valence-corrected chi connectivity index (χ3v) is 0.668. The van der Waals surface area contributed by atoms with Crippen LogP contribution >= 0.6 is 11.6 Å². The van der Waals surface area contributed by atoms with Gasteiger partial charge in [0.15, 0.2) is 0 Å². The Morgan fingerprint density at radius 1 is 1.71 bits per heavy atom. The van der Waals surface area contributed by atoms with Gasteiger partial charge in [-0.15, -0.1) is 0 Å². The number of aromatic nitrogens is 2. The van der Waals surface area contributed by atoms with E-state index in [0.29, 0.717) is 0 Å². The molecule has 1 rings (SSSR count). The fourth-order valence-corrected chi connectivity index (χ4v) is 0.357. The first-order chi connectivity index (χ1) is 3.80. The molecule has 0 aliphatic heterocycles. The smallest absolute Gasteiger partial charge is 0.147 e. The van der Waals surface area contributed by atoms with Crippen LogP contribution in [0.25, 0.3) is 0 Å². The van der Waals surface area contributed by atoms with Crippen molar-refractivity contribution in [1.82, 2.24) is 9.97 Å². The number of hydrogen-bond acceptors (Lipinski definition) is 2. The van der Waals surface area contributed by atoms with Crippen molar-refractivity contribution in [2.75, 3.05) is 0 Å². The van der Waals surface area contributed by atoms with E-state index in [0.717, 1.165) is 0 Å². The summed E-state index contributed by atoms with van der Waals surface area (Å²) in [6, 6.07) is 0. The molecule has 36 valence electrons. The monoisotopic (exact) mass is 115 g/mol. The molecule has 0 unspecified atom stereocenters. The van der Waals surface area contributed by atoms with Crippen LogP contribution in [-0.2, 0) is 0 Å². The van der Waals surface area contributed by atoms with Crippen molar-refractivity contribution in [3.8, 4) is 0 Å². The summed E-state index contributed by atoms with van der Waals surface area (Å²) in [6.45, 7) is 0. The van der Waals surface area contributed by atoms with Crippen LogP contribution in [0.3, 0.4) is 0 Å². The molecule has 1 aromatic rings. The summed E-state index contributed by atoms with van der Waals surface area (Å²) in [6.07, 6.45) is 2.89. The molecule has 0 saturated carbocycles. The fraction of sp³-hybridized carbons (Fsp3) is 0. The van der Waals surface area contributed by atoms with Crippen LogP contribution < -0.4 is 0 Å². The van der Waals surface area contributed by atoms with Crippen molar-refractivity contribution in [2.24, 2.45) is 0 Å². The number of halogens is 1. The molecule has 0 fully saturated rings. The van der Waals surface area contributed by atoms with E-state index >= 15 is 0 Å². The van der Waals surface area contributed by atoms with Gasteiger partial charge >= 0.3 is 0 Å². The normalized spacial score (nSPS) is 10.7. The van der Waals surface area contributed by atoms with Gasteiger partial charge in [0.05, 0.1) is 7.54 Å². The van der Waals surface area contributed by atoms with Gasteiger partial charge < -0.3 is 0 Å². The van der Waals surface area contributed by atoms with Crippen molar-refractivity contribution < 1.29 is 1.37 Å². The Kier molecular flexibility index (Phi) is 0.912. The first-order valence-electron chi connectivity index (χ1n) is 2.24. The van der Waals surface area contributed by atoms with Gasteiger partial charge in [-0.1, -0.05) is 11.6 Å². The maximum absolute atomic E-state index is 6.91. The highest BCUT2D eigenvalue weighted by molar-refractivity contribution is 6.29. The highest BCUT2D eigenvalue weighted by Crippen LogP contribution is 1.95. The molecule has 7 heavy (non-hydrogen) atoms. The van der Waals surface area contributed by atoms with E-state index in [1.54, 1.807) is 0 Å². The number of rotatable bonds is 0. The van der Waals surface area contributed by atoms with Gasteiger partial charge in [0.2, 0.25) is 0 Å². The molecule has 0 atom stereocenters. The molecule has 1 heterocycles. The van der Waals surface area contributed by atoms with Crippen LogP contribution in [-0.4, -0.2) is 9.97 Å². The zero-order valence-corrected chi connectivity index (χ0v) is 4.18. The van der Waals surface area contributed by atoms with Crippen LogP contribution in [0.5, 0.6) is 0 Å². The lowest BCUT2D eigenvalue weighted by atomic mass is 10.8. The zero-order chi connectivity index (χ0) is 5.98. The molecule has 0 aliphatic carbocycles. The van der Waals surface area contributed by atoms with E-state index in [4.69, 9.17) is 13.0 Å². The van der Waals surface area contributed by atoms with E-state index < -0.39 is 0 Å². The van der Waals surface area contributed by atoms with E-state index in [-0.39, 0.29) is 11.3 Å². The van der Waals surface area contributed by atoms with E-state index in [1.807, 2.05) is 0 Å². The maximum Gasteiger partial charge on any atom is 0.147 e. The molecule has 0 aromatic carbocycles. The summed E-state index contributed by atoms with van der Waals surface area (Å²) < 4.78 is 6.91. The van der Waals surface area contributed by atoms with Gasteiger partial charge in [-0.25, -0.2) is 4.98 Å². The van der Waals surface area contributed by atoms with Gasteiger partial charge in [0.25, 0.3) is 0 Å². The maximum atomic E-state index is 6.91. The molecule has 0 N–H and O–H groups in total. The first-order valence-corrected chi connectivity index (χ1v) is 2.11. The molecule has 0 bridgehead atoms. The van der Waals surface area contributed by atoms with Crippen LogP contribution in [0.2, 0.25) is 5.15 Å². The topological polar surface area (TPSA) is 25.8 Å². The zero-order valence-electron chi connectivity index (χ0n) is 4.43. The molecule has 0 amide bonds. The number of hydrogen-bond donors (Lipinski definition) is 0. The standard InChI is InChI=1S/C4H3ClN2/c5-4-3-6-1-2-7-4/h1-3H/i3D. The molecular formula is C4H3ClN2. The number of nitrogens with zero attached hydrogens (tertiary/aromatic N) is 2. The highest BCUT2D eigenvalue weighted by atomic mass is 35.5. The van der Waals surface area contributed by atoms with Crippen molar-refractivity contribution >= 4 is 11.6 Å². The fourth-order valence-electron chi connectivity index (χ4n) is 0.252. The summed E-state index contributed by atoms with van der Waals surface area (Å²) in [5.74, 6) is 0. The molecule has 0 aliphatic rings. The molecule has 3 heteroatoms. The lowest BCUT2D eigenvalue weighted by Gasteiger charge is -1.79. The first kappa shape index (κ1) is 3.38.